The van der Waals surface area contributed by atoms with Gasteiger partial charge < -0.3 is 4.90 Å². The third-order valence-electron chi connectivity index (χ3n) is 4.89. The lowest BCUT2D eigenvalue weighted by Crippen LogP contribution is -2.49. The molecular weight excluding hydrogens is 260 g/mol. The summed E-state index contributed by atoms with van der Waals surface area (Å²) in [6, 6.07) is 3.76. The van der Waals surface area contributed by atoms with Crippen molar-refractivity contribution in [1.82, 2.24) is 15.1 Å². The van der Waals surface area contributed by atoms with Crippen LogP contribution in [0.3, 0.4) is 0 Å². The average Bonchev–Trinajstić information content (AvgIpc) is 3.28. The van der Waals surface area contributed by atoms with Gasteiger partial charge in [0.1, 0.15) is 5.54 Å². The van der Waals surface area contributed by atoms with Gasteiger partial charge in [-0.1, -0.05) is 0 Å². The van der Waals surface area contributed by atoms with Gasteiger partial charge in [-0.15, -0.1) is 0 Å². The van der Waals surface area contributed by atoms with Crippen LogP contribution < -0.4 is 5.32 Å². The highest BCUT2D eigenvalue weighted by Gasteiger charge is 2.31. The van der Waals surface area contributed by atoms with Crippen LogP contribution in [0.5, 0.6) is 0 Å². The van der Waals surface area contributed by atoms with Crippen LogP contribution in [-0.4, -0.2) is 60.1 Å². The van der Waals surface area contributed by atoms with Gasteiger partial charge in [-0.05, 0) is 59.4 Å². The Kier molecular flexibility index (Phi) is 6.04. The van der Waals surface area contributed by atoms with Crippen molar-refractivity contribution in [3.8, 4) is 6.07 Å². The summed E-state index contributed by atoms with van der Waals surface area (Å²) in [4.78, 5) is 5.14. The maximum absolute atomic E-state index is 9.36. The van der Waals surface area contributed by atoms with E-state index in [1.165, 1.54) is 52.0 Å². The fourth-order valence-electron chi connectivity index (χ4n) is 3.16. The van der Waals surface area contributed by atoms with E-state index < -0.39 is 0 Å². The van der Waals surface area contributed by atoms with E-state index in [0.717, 1.165) is 12.8 Å². The zero-order valence-electron chi connectivity index (χ0n) is 14.1. The SMILES string of the molecule is CC(C)N1CCN(CCCCC(C)(C#N)NC2CC2)CC1. The average molecular weight is 292 g/mol. The molecule has 0 aromatic carbocycles. The number of hydrogen-bond acceptors (Lipinski definition) is 4. The number of piperazine rings is 1. The smallest absolute Gasteiger partial charge is 0.104 e. The molecule has 0 amide bonds. The second-order valence-electron chi connectivity index (χ2n) is 7.29. The van der Waals surface area contributed by atoms with Crippen molar-refractivity contribution in [2.75, 3.05) is 32.7 Å². The van der Waals surface area contributed by atoms with E-state index in [2.05, 4.69) is 42.0 Å². The van der Waals surface area contributed by atoms with Gasteiger partial charge >= 0.3 is 0 Å². The van der Waals surface area contributed by atoms with Crippen LogP contribution in [0.2, 0.25) is 0 Å². The van der Waals surface area contributed by atoms with E-state index in [9.17, 15) is 5.26 Å². The molecule has 1 unspecified atom stereocenters. The molecule has 1 aliphatic heterocycles. The van der Waals surface area contributed by atoms with Gasteiger partial charge in [-0.25, -0.2) is 0 Å². The minimum absolute atomic E-state index is 0.308. The molecule has 4 nitrogen and oxygen atoms in total. The Bertz CT molecular complexity index is 350. The summed E-state index contributed by atoms with van der Waals surface area (Å²) in [5.74, 6) is 0. The number of nitriles is 1. The highest BCUT2D eigenvalue weighted by Crippen LogP contribution is 2.24. The maximum atomic E-state index is 9.36. The predicted molar refractivity (Wildman–Crippen MR) is 87.2 cm³/mol. The van der Waals surface area contributed by atoms with Crippen molar-refractivity contribution < 1.29 is 0 Å². The van der Waals surface area contributed by atoms with E-state index in [-0.39, 0.29) is 5.54 Å². The quantitative estimate of drug-likeness (QED) is 0.697. The lowest BCUT2D eigenvalue weighted by atomic mass is 9.96. The molecule has 21 heavy (non-hydrogen) atoms. The van der Waals surface area contributed by atoms with Crippen molar-refractivity contribution in [3.05, 3.63) is 0 Å². The van der Waals surface area contributed by atoms with Crippen LogP contribution >= 0.6 is 0 Å². The Morgan fingerprint density at radius 2 is 1.86 bits per heavy atom. The highest BCUT2D eigenvalue weighted by molar-refractivity contribution is 5.06. The molecular formula is C17H32N4. The molecule has 0 aromatic rings. The number of hydrogen-bond donors (Lipinski definition) is 1. The van der Waals surface area contributed by atoms with Crippen LogP contribution in [0.15, 0.2) is 0 Å². The van der Waals surface area contributed by atoms with Gasteiger partial charge in [-0.2, -0.15) is 5.26 Å². The first-order chi connectivity index (χ1) is 10.0. The summed E-state index contributed by atoms with van der Waals surface area (Å²) >= 11 is 0. The van der Waals surface area contributed by atoms with Gasteiger partial charge in [0.15, 0.2) is 0 Å². The fourth-order valence-corrected chi connectivity index (χ4v) is 3.16. The predicted octanol–water partition coefficient (Wildman–Crippen LogP) is 2.22. The van der Waals surface area contributed by atoms with Gasteiger partial charge in [0.25, 0.3) is 0 Å². The summed E-state index contributed by atoms with van der Waals surface area (Å²) in [5, 5.41) is 12.9. The number of nitrogens with zero attached hydrogens (tertiary/aromatic N) is 3. The lowest BCUT2D eigenvalue weighted by molar-refractivity contribution is 0.107. The van der Waals surface area contributed by atoms with Crippen LogP contribution in [0.1, 0.15) is 52.9 Å². The topological polar surface area (TPSA) is 42.3 Å². The van der Waals surface area contributed by atoms with E-state index in [1.54, 1.807) is 0 Å². The number of rotatable bonds is 8. The summed E-state index contributed by atoms with van der Waals surface area (Å²) in [7, 11) is 0. The van der Waals surface area contributed by atoms with Crippen molar-refractivity contribution in [2.24, 2.45) is 0 Å². The number of nitrogens with one attached hydrogen (secondary N) is 1. The lowest BCUT2D eigenvalue weighted by Gasteiger charge is -2.37. The molecule has 1 saturated heterocycles. The summed E-state index contributed by atoms with van der Waals surface area (Å²) < 4.78 is 0. The monoisotopic (exact) mass is 292 g/mol. The van der Waals surface area contributed by atoms with Crippen LogP contribution in [0.4, 0.5) is 0 Å². The largest absolute Gasteiger partial charge is 0.301 e. The maximum Gasteiger partial charge on any atom is 0.104 e. The summed E-state index contributed by atoms with van der Waals surface area (Å²) in [5.41, 5.74) is -0.308. The van der Waals surface area contributed by atoms with Gasteiger partial charge in [0.2, 0.25) is 0 Å². The normalized spacial score (nSPS) is 24.0. The minimum atomic E-state index is -0.308. The van der Waals surface area contributed by atoms with Crippen LogP contribution in [0, 0.1) is 11.3 Å². The molecule has 2 fully saturated rings. The standard InChI is InChI=1S/C17H32N4/c1-15(2)21-12-10-20(11-13-21)9-5-4-8-17(3,14-18)19-16-6-7-16/h15-16,19H,4-13H2,1-3H3. The van der Waals surface area contributed by atoms with Gasteiger partial charge in [0.05, 0.1) is 6.07 Å². The van der Waals surface area contributed by atoms with Crippen molar-refractivity contribution in [2.45, 2.75) is 70.5 Å². The third kappa shape index (κ3) is 5.58. The molecule has 1 heterocycles. The molecule has 120 valence electrons. The molecule has 1 N–H and O–H groups in total. The van der Waals surface area contributed by atoms with Crippen LogP contribution in [0.25, 0.3) is 0 Å². The molecule has 2 rings (SSSR count). The van der Waals surface area contributed by atoms with E-state index in [1.807, 2.05) is 0 Å². The third-order valence-corrected chi connectivity index (χ3v) is 4.89. The minimum Gasteiger partial charge on any atom is -0.301 e. The Balaban J connectivity index is 1.58. The Labute approximate surface area is 130 Å². The summed E-state index contributed by atoms with van der Waals surface area (Å²) in [6.07, 6.45) is 5.83. The van der Waals surface area contributed by atoms with Gasteiger partial charge in [-0.3, -0.25) is 10.2 Å². The molecule has 1 saturated carbocycles. The second kappa shape index (κ2) is 7.58. The molecule has 0 radical (unpaired) electrons. The zero-order valence-corrected chi connectivity index (χ0v) is 14.1. The van der Waals surface area contributed by atoms with Crippen molar-refractivity contribution in [3.63, 3.8) is 0 Å². The van der Waals surface area contributed by atoms with E-state index in [4.69, 9.17) is 0 Å². The fraction of sp³-hybridized carbons (Fsp3) is 0.941. The molecule has 0 spiro atoms. The first-order valence-electron chi connectivity index (χ1n) is 8.68. The van der Waals surface area contributed by atoms with Crippen LogP contribution in [-0.2, 0) is 0 Å². The first kappa shape index (κ1) is 16.7. The Morgan fingerprint density at radius 3 is 2.38 bits per heavy atom. The van der Waals surface area contributed by atoms with Gasteiger partial charge in [0, 0.05) is 38.3 Å². The van der Waals surface area contributed by atoms with Crippen molar-refractivity contribution >= 4 is 0 Å². The molecule has 2 aliphatic rings. The molecule has 0 aromatic heterocycles. The molecule has 1 atom stereocenters. The highest BCUT2D eigenvalue weighted by atomic mass is 15.3. The Morgan fingerprint density at radius 1 is 1.19 bits per heavy atom. The molecule has 0 bridgehead atoms. The molecule has 4 heteroatoms. The van der Waals surface area contributed by atoms with E-state index >= 15 is 0 Å². The summed E-state index contributed by atoms with van der Waals surface area (Å²) in [6.45, 7) is 12.6. The second-order valence-corrected chi connectivity index (χ2v) is 7.29. The zero-order chi connectivity index (χ0) is 15.3. The Hall–Kier alpha value is -0.630. The molecule has 1 aliphatic carbocycles. The van der Waals surface area contributed by atoms with E-state index in [0.29, 0.717) is 12.1 Å². The number of unbranched alkanes of at least 4 members (excludes halogenated alkanes) is 1. The van der Waals surface area contributed by atoms with Crippen molar-refractivity contribution in [1.29, 1.82) is 5.26 Å². The first-order valence-corrected chi connectivity index (χ1v) is 8.68.